The largest absolute Gasteiger partial charge is 0.478 e. The minimum atomic E-state index is -1.00. The van der Waals surface area contributed by atoms with E-state index >= 15 is 0 Å². The van der Waals surface area contributed by atoms with Crippen LogP contribution in [0.15, 0.2) is 18.2 Å². The molecule has 5 nitrogen and oxygen atoms in total. The number of carbonyl (C=O) groups is 2. The molecule has 30 heavy (non-hydrogen) atoms. The zero-order valence-corrected chi connectivity index (χ0v) is 18.5. The SMILES string of the molecule is CCc1cccc(CC)c1NC(=O)c1c(C)nc(C)c(C(=O)O)c1C1CCCCC1. The predicted molar refractivity (Wildman–Crippen MR) is 120 cm³/mol. The molecule has 0 bridgehead atoms. The zero-order valence-electron chi connectivity index (χ0n) is 18.5. The fraction of sp³-hybridized carbons (Fsp3) is 0.480. The molecule has 5 heteroatoms. The fourth-order valence-corrected chi connectivity index (χ4v) is 4.81. The molecule has 1 fully saturated rings. The third-order valence-electron chi connectivity index (χ3n) is 6.29. The standard InChI is InChI=1S/C25H32N2O3/c1-5-17-13-10-14-18(6-2)23(17)27-24(28)20-15(3)26-16(4)21(25(29)30)22(20)19-11-8-7-9-12-19/h10,13-14,19H,5-9,11-12H2,1-4H3,(H,27,28)(H,29,30). The number of hydrogen-bond acceptors (Lipinski definition) is 3. The lowest BCUT2D eigenvalue weighted by atomic mass is 9.79. The Bertz CT molecular complexity index is 937. The molecular formula is C25H32N2O3. The fourth-order valence-electron chi connectivity index (χ4n) is 4.81. The van der Waals surface area contributed by atoms with E-state index in [1.165, 1.54) is 0 Å². The lowest BCUT2D eigenvalue weighted by molar-refractivity contribution is 0.0693. The Hall–Kier alpha value is -2.69. The van der Waals surface area contributed by atoms with Crippen LogP contribution in [-0.2, 0) is 12.8 Å². The highest BCUT2D eigenvalue weighted by molar-refractivity contribution is 6.09. The summed E-state index contributed by atoms with van der Waals surface area (Å²) in [6.07, 6.45) is 6.72. The number of hydrogen-bond donors (Lipinski definition) is 2. The summed E-state index contributed by atoms with van der Waals surface area (Å²) in [4.78, 5) is 30.2. The number of aryl methyl sites for hydroxylation is 4. The topological polar surface area (TPSA) is 79.3 Å². The number of nitrogens with zero attached hydrogens (tertiary/aromatic N) is 1. The molecule has 0 unspecified atom stereocenters. The predicted octanol–water partition coefficient (Wildman–Crippen LogP) is 5.82. The molecule has 0 radical (unpaired) electrons. The number of carboxylic acids is 1. The zero-order chi connectivity index (χ0) is 21.8. The molecule has 0 saturated heterocycles. The van der Waals surface area contributed by atoms with Gasteiger partial charge in [-0.15, -0.1) is 0 Å². The Kier molecular flexibility index (Phi) is 6.91. The Morgan fingerprint density at radius 2 is 1.57 bits per heavy atom. The van der Waals surface area contributed by atoms with Crippen molar-refractivity contribution in [2.45, 2.75) is 78.6 Å². The molecule has 1 aromatic heterocycles. The number of carbonyl (C=O) groups excluding carboxylic acids is 1. The Labute approximate surface area is 178 Å². The Balaban J connectivity index is 2.15. The number of benzene rings is 1. The van der Waals surface area contributed by atoms with Crippen LogP contribution in [0.5, 0.6) is 0 Å². The number of pyridine rings is 1. The highest BCUT2D eigenvalue weighted by atomic mass is 16.4. The van der Waals surface area contributed by atoms with Gasteiger partial charge in [0.15, 0.2) is 0 Å². The maximum absolute atomic E-state index is 13.6. The number of rotatable bonds is 6. The molecule has 2 N–H and O–H groups in total. The van der Waals surface area contributed by atoms with Crippen molar-refractivity contribution in [2.75, 3.05) is 5.32 Å². The molecule has 1 saturated carbocycles. The van der Waals surface area contributed by atoms with E-state index in [0.717, 1.165) is 61.8 Å². The van der Waals surface area contributed by atoms with Crippen molar-refractivity contribution in [3.63, 3.8) is 0 Å². The Morgan fingerprint density at radius 1 is 1.00 bits per heavy atom. The first-order valence-corrected chi connectivity index (χ1v) is 11.0. The molecule has 1 aliphatic rings. The molecule has 3 rings (SSSR count). The van der Waals surface area contributed by atoms with Gasteiger partial charge in [-0.25, -0.2) is 4.79 Å². The third kappa shape index (κ3) is 4.25. The molecule has 1 amide bonds. The second-order valence-electron chi connectivity index (χ2n) is 8.20. The van der Waals surface area contributed by atoms with Gasteiger partial charge < -0.3 is 10.4 Å². The minimum Gasteiger partial charge on any atom is -0.478 e. The summed E-state index contributed by atoms with van der Waals surface area (Å²) in [6, 6.07) is 6.07. The molecule has 0 aliphatic heterocycles. The van der Waals surface area contributed by atoms with Gasteiger partial charge in [-0.2, -0.15) is 0 Å². The van der Waals surface area contributed by atoms with Crippen LogP contribution < -0.4 is 5.32 Å². The average Bonchev–Trinajstić information content (AvgIpc) is 2.73. The second-order valence-corrected chi connectivity index (χ2v) is 8.20. The summed E-state index contributed by atoms with van der Waals surface area (Å²) < 4.78 is 0. The van der Waals surface area contributed by atoms with Crippen LogP contribution in [0.4, 0.5) is 5.69 Å². The van der Waals surface area contributed by atoms with Gasteiger partial charge in [-0.3, -0.25) is 9.78 Å². The van der Waals surface area contributed by atoms with Crippen LogP contribution >= 0.6 is 0 Å². The van der Waals surface area contributed by atoms with Gasteiger partial charge >= 0.3 is 5.97 Å². The van der Waals surface area contributed by atoms with E-state index in [0.29, 0.717) is 22.5 Å². The van der Waals surface area contributed by atoms with Gasteiger partial charge in [0, 0.05) is 5.69 Å². The monoisotopic (exact) mass is 408 g/mol. The quantitative estimate of drug-likeness (QED) is 0.631. The first kappa shape index (κ1) is 22.0. The molecule has 0 atom stereocenters. The van der Waals surface area contributed by atoms with Crippen molar-refractivity contribution >= 4 is 17.6 Å². The van der Waals surface area contributed by atoms with E-state index in [1.807, 2.05) is 25.1 Å². The van der Waals surface area contributed by atoms with E-state index in [1.54, 1.807) is 6.92 Å². The van der Waals surface area contributed by atoms with Crippen molar-refractivity contribution in [3.05, 3.63) is 57.4 Å². The van der Waals surface area contributed by atoms with Gasteiger partial charge in [-0.1, -0.05) is 51.3 Å². The van der Waals surface area contributed by atoms with Crippen LogP contribution in [0, 0.1) is 13.8 Å². The van der Waals surface area contributed by atoms with E-state index in [9.17, 15) is 14.7 Å². The van der Waals surface area contributed by atoms with Crippen LogP contribution in [0.25, 0.3) is 0 Å². The first-order valence-electron chi connectivity index (χ1n) is 11.0. The van der Waals surface area contributed by atoms with Crippen molar-refractivity contribution in [2.24, 2.45) is 0 Å². The number of amides is 1. The number of aromatic nitrogens is 1. The minimum absolute atomic E-state index is 0.0815. The van der Waals surface area contributed by atoms with Gasteiger partial charge in [0.05, 0.1) is 22.5 Å². The van der Waals surface area contributed by atoms with E-state index in [-0.39, 0.29) is 17.4 Å². The first-order chi connectivity index (χ1) is 14.4. The lowest BCUT2D eigenvalue weighted by Crippen LogP contribution is -2.24. The lowest BCUT2D eigenvalue weighted by Gasteiger charge is -2.27. The van der Waals surface area contributed by atoms with E-state index < -0.39 is 5.97 Å². The summed E-state index contributed by atoms with van der Waals surface area (Å²) in [5, 5.41) is 13.1. The number of carboxylic acid groups (broad SMARTS) is 1. The summed E-state index contributed by atoms with van der Waals surface area (Å²) in [5.74, 6) is -1.17. The molecule has 160 valence electrons. The molecule has 0 spiro atoms. The number of nitrogens with one attached hydrogen (secondary N) is 1. The maximum atomic E-state index is 13.6. The van der Waals surface area contributed by atoms with Crippen molar-refractivity contribution < 1.29 is 14.7 Å². The summed E-state index contributed by atoms with van der Waals surface area (Å²) in [7, 11) is 0. The highest BCUT2D eigenvalue weighted by Crippen LogP contribution is 2.38. The van der Waals surface area contributed by atoms with Crippen molar-refractivity contribution in [3.8, 4) is 0 Å². The third-order valence-corrected chi connectivity index (χ3v) is 6.29. The summed E-state index contributed by atoms with van der Waals surface area (Å²) >= 11 is 0. The van der Waals surface area contributed by atoms with Gasteiger partial charge in [0.2, 0.25) is 0 Å². The highest BCUT2D eigenvalue weighted by Gasteiger charge is 2.31. The van der Waals surface area contributed by atoms with Gasteiger partial charge in [0.25, 0.3) is 5.91 Å². The number of aromatic carboxylic acids is 1. The molecule has 1 heterocycles. The van der Waals surface area contributed by atoms with Crippen LogP contribution in [-0.4, -0.2) is 22.0 Å². The van der Waals surface area contributed by atoms with Crippen molar-refractivity contribution in [1.82, 2.24) is 4.98 Å². The second kappa shape index (κ2) is 9.41. The van der Waals surface area contributed by atoms with Crippen LogP contribution in [0.2, 0.25) is 0 Å². The molecule has 1 aromatic carbocycles. The van der Waals surface area contributed by atoms with Gasteiger partial charge in [-0.05, 0) is 62.1 Å². The number of anilines is 1. The summed E-state index contributed by atoms with van der Waals surface area (Å²) in [5.41, 5.74) is 5.42. The van der Waals surface area contributed by atoms with Crippen molar-refractivity contribution in [1.29, 1.82) is 0 Å². The normalized spacial score (nSPS) is 14.5. The van der Waals surface area contributed by atoms with Crippen LogP contribution in [0.1, 0.15) is 101 Å². The van der Waals surface area contributed by atoms with Crippen LogP contribution in [0.3, 0.4) is 0 Å². The van der Waals surface area contributed by atoms with E-state index in [4.69, 9.17) is 0 Å². The number of para-hydroxylation sites is 1. The Morgan fingerprint density at radius 3 is 2.10 bits per heavy atom. The molecular weight excluding hydrogens is 376 g/mol. The van der Waals surface area contributed by atoms with Gasteiger partial charge in [0.1, 0.15) is 0 Å². The summed E-state index contributed by atoms with van der Waals surface area (Å²) in [6.45, 7) is 7.68. The molecule has 1 aliphatic carbocycles. The smallest absolute Gasteiger partial charge is 0.337 e. The molecule has 2 aromatic rings. The van der Waals surface area contributed by atoms with E-state index in [2.05, 4.69) is 24.1 Å². The average molecular weight is 409 g/mol. The maximum Gasteiger partial charge on any atom is 0.337 e.